The summed E-state index contributed by atoms with van der Waals surface area (Å²) in [7, 11) is -3.48. The van der Waals surface area contributed by atoms with Crippen LogP contribution in [0.15, 0.2) is 0 Å². The van der Waals surface area contributed by atoms with Crippen molar-refractivity contribution in [3.8, 4) is 0 Å². The van der Waals surface area contributed by atoms with Crippen LogP contribution in [0, 0.1) is 5.41 Å². The van der Waals surface area contributed by atoms with Gasteiger partial charge in [-0.3, -0.25) is 4.79 Å². The Labute approximate surface area is 114 Å². The van der Waals surface area contributed by atoms with Crippen LogP contribution in [0.25, 0.3) is 0 Å². The number of rotatable bonds is 8. The van der Waals surface area contributed by atoms with Gasteiger partial charge in [-0.1, -0.05) is 27.2 Å². The molecule has 108 valence electrons. The predicted molar refractivity (Wildman–Crippen MR) is 77.0 cm³/mol. The van der Waals surface area contributed by atoms with Crippen molar-refractivity contribution in [3.63, 3.8) is 0 Å². The van der Waals surface area contributed by atoms with Crippen LogP contribution in [0.5, 0.6) is 0 Å². The van der Waals surface area contributed by atoms with Gasteiger partial charge >= 0.3 is 10.1 Å². The molecule has 6 heteroatoms. The van der Waals surface area contributed by atoms with Crippen LogP contribution in [0.2, 0.25) is 0 Å². The Morgan fingerprint density at radius 1 is 1.22 bits per heavy atom. The maximum atomic E-state index is 11.6. The monoisotopic (exact) mass is 297 g/mol. The second-order valence-electron chi connectivity index (χ2n) is 5.77. The molecule has 0 saturated heterocycles. The van der Waals surface area contributed by atoms with Crippen LogP contribution in [0.1, 0.15) is 47.0 Å². The van der Waals surface area contributed by atoms with E-state index in [-0.39, 0.29) is 22.7 Å². The highest BCUT2D eigenvalue weighted by molar-refractivity contribution is 8.02. The van der Waals surface area contributed by atoms with Gasteiger partial charge in [-0.05, 0) is 28.8 Å². The Morgan fingerprint density at radius 2 is 1.78 bits per heavy atom. The summed E-state index contributed by atoms with van der Waals surface area (Å²) in [5.74, 6) is 0.156. The normalized spacial score (nSPS) is 14.5. The zero-order valence-electron chi connectivity index (χ0n) is 12.0. The minimum absolute atomic E-state index is 0.0400. The summed E-state index contributed by atoms with van der Waals surface area (Å²) in [6.07, 6.45) is 4.11. The summed E-state index contributed by atoms with van der Waals surface area (Å²) < 4.78 is 28.2. The highest BCUT2D eigenvalue weighted by Gasteiger charge is 2.26. The van der Waals surface area contributed by atoms with E-state index in [0.29, 0.717) is 6.42 Å². The smallest absolute Gasteiger partial charge is 0.295 e. The zero-order valence-corrected chi connectivity index (χ0v) is 13.6. The first-order valence-electron chi connectivity index (χ1n) is 6.06. The SMILES string of the molecule is CC(=O)C[S+](C)OS(=O)(=O)CCCCC(C)(C)C. The lowest BCUT2D eigenvalue weighted by Gasteiger charge is -2.17. The Hall–Kier alpha value is -0.0700. The first kappa shape index (κ1) is 17.9. The Balaban J connectivity index is 3.98. The summed E-state index contributed by atoms with van der Waals surface area (Å²) in [6.45, 7) is 7.83. The highest BCUT2D eigenvalue weighted by Crippen LogP contribution is 2.21. The first-order chi connectivity index (χ1) is 8.02. The fourth-order valence-electron chi connectivity index (χ4n) is 1.46. The van der Waals surface area contributed by atoms with E-state index in [1.165, 1.54) is 6.92 Å². The molecule has 0 radical (unpaired) electrons. The molecular formula is C12H25O4S2+. The van der Waals surface area contributed by atoms with E-state index < -0.39 is 21.3 Å². The van der Waals surface area contributed by atoms with Crippen molar-refractivity contribution in [2.75, 3.05) is 17.8 Å². The van der Waals surface area contributed by atoms with Gasteiger partial charge in [0.05, 0.1) is 5.75 Å². The molecular weight excluding hydrogens is 272 g/mol. The second kappa shape index (κ2) is 7.50. The average molecular weight is 297 g/mol. The molecule has 0 aromatic carbocycles. The molecule has 0 aliphatic carbocycles. The first-order valence-corrected chi connectivity index (χ1v) is 9.37. The molecule has 1 atom stereocenters. The van der Waals surface area contributed by atoms with Crippen LogP contribution in [-0.4, -0.2) is 32.0 Å². The highest BCUT2D eigenvalue weighted by atomic mass is 32.3. The Morgan fingerprint density at radius 3 is 2.22 bits per heavy atom. The minimum Gasteiger partial charge on any atom is -0.295 e. The van der Waals surface area contributed by atoms with Crippen LogP contribution < -0.4 is 0 Å². The van der Waals surface area contributed by atoms with E-state index in [4.69, 9.17) is 3.63 Å². The minimum atomic E-state index is -3.48. The molecule has 0 aliphatic rings. The fraction of sp³-hybridized carbons (Fsp3) is 0.917. The molecule has 0 saturated carbocycles. The van der Waals surface area contributed by atoms with E-state index in [9.17, 15) is 13.2 Å². The zero-order chi connectivity index (χ0) is 14.4. The van der Waals surface area contributed by atoms with E-state index in [2.05, 4.69) is 20.8 Å². The van der Waals surface area contributed by atoms with Gasteiger partial charge in [0.15, 0.2) is 22.7 Å². The average Bonchev–Trinajstić information content (AvgIpc) is 2.08. The van der Waals surface area contributed by atoms with Crippen LogP contribution >= 0.6 is 0 Å². The standard InChI is InChI=1S/C12H25O4S2/c1-11(13)10-17(5)16-18(14,15)9-7-6-8-12(2,3)4/h6-10H2,1-5H3/q+1. The van der Waals surface area contributed by atoms with Crippen molar-refractivity contribution < 1.29 is 16.8 Å². The lowest BCUT2D eigenvalue weighted by Crippen LogP contribution is -2.21. The molecule has 0 fully saturated rings. The van der Waals surface area contributed by atoms with Crippen LogP contribution in [-0.2, 0) is 29.7 Å². The number of ketones is 1. The molecule has 0 aromatic rings. The third-order valence-corrected chi connectivity index (χ3v) is 5.56. The topological polar surface area (TPSA) is 60.4 Å². The maximum Gasteiger partial charge on any atom is 0.311 e. The molecule has 0 N–H and O–H groups in total. The van der Waals surface area contributed by atoms with Crippen molar-refractivity contribution in [2.24, 2.45) is 5.41 Å². The van der Waals surface area contributed by atoms with Crippen molar-refractivity contribution in [2.45, 2.75) is 47.0 Å². The van der Waals surface area contributed by atoms with Crippen molar-refractivity contribution in [1.29, 1.82) is 0 Å². The molecule has 0 bridgehead atoms. The van der Waals surface area contributed by atoms with Crippen LogP contribution in [0.3, 0.4) is 0 Å². The lowest BCUT2D eigenvalue weighted by molar-refractivity contribution is -0.114. The van der Waals surface area contributed by atoms with Crippen molar-refractivity contribution in [3.05, 3.63) is 0 Å². The lowest BCUT2D eigenvalue weighted by atomic mass is 9.90. The molecule has 18 heavy (non-hydrogen) atoms. The molecule has 0 aliphatic heterocycles. The number of carbonyl (C=O) groups is 1. The largest absolute Gasteiger partial charge is 0.311 e. The molecule has 0 heterocycles. The molecule has 0 spiro atoms. The predicted octanol–water partition coefficient (Wildman–Crippen LogP) is 2.30. The summed E-state index contributed by atoms with van der Waals surface area (Å²) >= 11 is -0.830. The number of Topliss-reactive ketones (excluding diaryl/α,β-unsaturated/α-hetero) is 1. The summed E-state index contributed by atoms with van der Waals surface area (Å²) in [5, 5.41) is 0. The molecule has 0 rings (SSSR count). The van der Waals surface area contributed by atoms with Crippen molar-refractivity contribution in [1.82, 2.24) is 0 Å². The summed E-state index contributed by atoms with van der Waals surface area (Å²) in [4.78, 5) is 10.8. The van der Waals surface area contributed by atoms with Crippen molar-refractivity contribution >= 4 is 27.1 Å². The van der Waals surface area contributed by atoms with Gasteiger partial charge in [0.1, 0.15) is 6.26 Å². The van der Waals surface area contributed by atoms with E-state index in [1.54, 1.807) is 6.26 Å². The molecule has 1 unspecified atom stereocenters. The second-order valence-corrected chi connectivity index (χ2v) is 9.27. The van der Waals surface area contributed by atoms with Gasteiger partial charge in [0.25, 0.3) is 0 Å². The third kappa shape index (κ3) is 11.0. The van der Waals surface area contributed by atoms with Gasteiger partial charge in [-0.25, -0.2) is 0 Å². The third-order valence-electron chi connectivity index (χ3n) is 2.20. The Kier molecular flexibility index (Phi) is 7.47. The number of hydrogen-bond acceptors (Lipinski definition) is 4. The number of unbranched alkanes of at least 4 members (excludes halogenated alkanes) is 1. The quantitative estimate of drug-likeness (QED) is 0.509. The van der Waals surface area contributed by atoms with Gasteiger partial charge in [0.2, 0.25) is 0 Å². The van der Waals surface area contributed by atoms with Gasteiger partial charge in [-0.15, -0.1) is 0 Å². The van der Waals surface area contributed by atoms with E-state index >= 15 is 0 Å². The molecule has 0 aromatic heterocycles. The van der Waals surface area contributed by atoms with Gasteiger partial charge in [-0.2, -0.15) is 8.42 Å². The van der Waals surface area contributed by atoms with Gasteiger partial charge in [0, 0.05) is 0 Å². The van der Waals surface area contributed by atoms with E-state index in [0.717, 1.165) is 12.8 Å². The fourth-order valence-corrected chi connectivity index (χ4v) is 4.47. The van der Waals surface area contributed by atoms with Gasteiger partial charge < -0.3 is 0 Å². The molecule has 0 amide bonds. The van der Waals surface area contributed by atoms with Crippen LogP contribution in [0.4, 0.5) is 0 Å². The maximum absolute atomic E-state index is 11.6. The number of carbonyl (C=O) groups excluding carboxylic acids is 1. The summed E-state index contributed by atoms with van der Waals surface area (Å²) in [6, 6.07) is 0. The summed E-state index contributed by atoms with van der Waals surface area (Å²) in [5.41, 5.74) is 0.230. The molecule has 4 nitrogen and oxygen atoms in total. The number of hydrogen-bond donors (Lipinski definition) is 0. The van der Waals surface area contributed by atoms with E-state index in [1.807, 2.05) is 0 Å². The Bertz CT molecular complexity index is 355.